The van der Waals surface area contributed by atoms with Crippen LogP contribution in [0.1, 0.15) is 32.6 Å². The molecule has 0 saturated heterocycles. The van der Waals surface area contributed by atoms with E-state index in [1.807, 2.05) is 0 Å². The number of hydrogen-bond donors (Lipinski definition) is 0. The Labute approximate surface area is 124 Å². The van der Waals surface area contributed by atoms with Crippen LogP contribution in [0.4, 0.5) is 4.39 Å². The maximum atomic E-state index is 12.7. The largest absolute Gasteiger partial charge is 2.00 e. The molecule has 0 N–H and O–H groups in total. The van der Waals surface area contributed by atoms with E-state index in [1.54, 1.807) is 6.07 Å². The van der Waals surface area contributed by atoms with Crippen molar-refractivity contribution in [2.24, 2.45) is 0 Å². The van der Waals surface area contributed by atoms with Crippen LogP contribution in [0.15, 0.2) is 18.2 Å². The van der Waals surface area contributed by atoms with Crippen molar-refractivity contribution in [3.8, 4) is 5.75 Å². The molecule has 0 saturated carbocycles. The van der Waals surface area contributed by atoms with Crippen LogP contribution in [-0.4, -0.2) is 29.7 Å². The zero-order valence-corrected chi connectivity index (χ0v) is 12.6. The predicted molar refractivity (Wildman–Crippen MR) is 60.6 cm³/mol. The minimum atomic E-state index is -0.295. The van der Waals surface area contributed by atoms with E-state index < -0.39 is 0 Å². The smallest absolute Gasteiger partial charge is 1.00 e. The van der Waals surface area contributed by atoms with Crippen LogP contribution in [0.2, 0.25) is 0 Å². The molecule has 1 aromatic rings. The molecule has 0 heterocycles. The third-order valence-electron chi connectivity index (χ3n) is 1.99. The summed E-state index contributed by atoms with van der Waals surface area (Å²) in [6.07, 6.45) is 4.66. The predicted octanol–water partition coefficient (Wildman–Crippen LogP) is 0.208. The van der Waals surface area contributed by atoms with E-state index in [1.165, 1.54) is 31.4 Å². The van der Waals surface area contributed by atoms with Gasteiger partial charge in [0.15, 0.2) is 0 Å². The molecular formula is C12H16BrFMgO. The summed E-state index contributed by atoms with van der Waals surface area (Å²) in [7, 11) is 0. The number of halogens is 2. The Kier molecular flexibility index (Phi) is 13.5. The van der Waals surface area contributed by atoms with Gasteiger partial charge in [0.25, 0.3) is 0 Å². The van der Waals surface area contributed by atoms with Crippen LogP contribution in [0.25, 0.3) is 0 Å². The summed E-state index contributed by atoms with van der Waals surface area (Å²) in [5.74, 6) is 0.276. The Morgan fingerprint density at radius 2 is 2.00 bits per heavy atom. The molecule has 0 spiro atoms. The van der Waals surface area contributed by atoms with Crippen LogP contribution in [0.3, 0.4) is 0 Å². The fraction of sp³-hybridized carbons (Fsp3) is 0.500. The van der Waals surface area contributed by atoms with Gasteiger partial charge in [-0.15, -0.1) is 12.1 Å². The molecule has 0 aliphatic rings. The molecule has 0 aliphatic carbocycles. The molecular weight excluding hydrogens is 283 g/mol. The van der Waals surface area contributed by atoms with E-state index >= 15 is 0 Å². The van der Waals surface area contributed by atoms with Gasteiger partial charge in [0.05, 0.1) is 6.61 Å². The van der Waals surface area contributed by atoms with Crippen molar-refractivity contribution in [1.82, 2.24) is 0 Å². The van der Waals surface area contributed by atoms with E-state index in [0.29, 0.717) is 12.4 Å². The van der Waals surface area contributed by atoms with E-state index in [-0.39, 0.29) is 45.9 Å². The van der Waals surface area contributed by atoms with Gasteiger partial charge in [0, 0.05) is 11.6 Å². The van der Waals surface area contributed by atoms with E-state index in [4.69, 9.17) is 4.74 Å². The van der Waals surface area contributed by atoms with Crippen molar-refractivity contribution in [3.05, 3.63) is 30.1 Å². The average molecular weight is 299 g/mol. The summed E-state index contributed by atoms with van der Waals surface area (Å²) in [6, 6.07) is 7.02. The summed E-state index contributed by atoms with van der Waals surface area (Å²) in [5.41, 5.74) is 0. The van der Waals surface area contributed by atoms with Crippen LogP contribution in [-0.2, 0) is 0 Å². The molecule has 0 radical (unpaired) electrons. The van der Waals surface area contributed by atoms with Gasteiger partial charge in [-0.25, -0.2) is 0 Å². The van der Waals surface area contributed by atoms with E-state index in [2.05, 4.69) is 13.0 Å². The Bertz CT molecular complexity index is 271. The maximum absolute atomic E-state index is 12.7. The van der Waals surface area contributed by atoms with Crippen molar-refractivity contribution in [2.45, 2.75) is 32.6 Å². The first-order valence-electron chi connectivity index (χ1n) is 5.12. The Morgan fingerprint density at radius 3 is 2.62 bits per heavy atom. The minimum Gasteiger partial charge on any atom is -1.00 e. The van der Waals surface area contributed by atoms with Crippen molar-refractivity contribution < 1.29 is 26.1 Å². The first-order valence-corrected chi connectivity index (χ1v) is 5.12. The monoisotopic (exact) mass is 298 g/mol. The minimum absolute atomic E-state index is 0. The number of unbranched alkanes of at least 4 members (excludes halogenated alkanes) is 3. The average Bonchev–Trinajstić information content (AvgIpc) is 2.18. The molecule has 0 unspecified atom stereocenters. The number of ether oxygens (including phenoxy) is 1. The molecule has 0 amide bonds. The number of benzene rings is 1. The van der Waals surface area contributed by atoms with Gasteiger partial charge in [-0.05, 0) is 6.42 Å². The summed E-state index contributed by atoms with van der Waals surface area (Å²) in [6.45, 7) is 2.83. The van der Waals surface area contributed by atoms with Crippen LogP contribution < -0.4 is 21.7 Å². The first-order chi connectivity index (χ1) is 6.83. The third-order valence-corrected chi connectivity index (χ3v) is 1.99. The molecule has 0 bridgehead atoms. The molecule has 0 aromatic heterocycles. The molecule has 0 atom stereocenters. The second kappa shape index (κ2) is 11.7. The fourth-order valence-electron chi connectivity index (χ4n) is 1.22. The molecule has 1 rings (SSSR count). The Hall–Kier alpha value is 0.196. The van der Waals surface area contributed by atoms with E-state index in [0.717, 1.165) is 6.42 Å². The first kappa shape index (κ1) is 18.6. The Balaban J connectivity index is 0. The molecule has 1 nitrogen and oxygen atoms in total. The van der Waals surface area contributed by atoms with Crippen molar-refractivity contribution in [2.75, 3.05) is 6.61 Å². The maximum Gasteiger partial charge on any atom is 2.00 e. The molecule has 86 valence electrons. The molecule has 16 heavy (non-hydrogen) atoms. The second-order valence-corrected chi connectivity index (χ2v) is 3.30. The van der Waals surface area contributed by atoms with Gasteiger partial charge >= 0.3 is 23.1 Å². The number of rotatable bonds is 6. The molecule has 1 aromatic carbocycles. The SMILES string of the molecule is CCCCCCOc1c[c-]cc(F)c1.[Br-].[Mg+2]. The van der Waals surface area contributed by atoms with E-state index in [9.17, 15) is 4.39 Å². The molecule has 4 heteroatoms. The van der Waals surface area contributed by atoms with Crippen molar-refractivity contribution in [3.63, 3.8) is 0 Å². The van der Waals surface area contributed by atoms with Gasteiger partial charge in [-0.3, -0.25) is 4.39 Å². The van der Waals surface area contributed by atoms with Crippen LogP contribution >= 0.6 is 0 Å². The second-order valence-electron chi connectivity index (χ2n) is 3.30. The summed E-state index contributed by atoms with van der Waals surface area (Å²) in [5, 5.41) is 0. The zero-order valence-electron chi connectivity index (χ0n) is 9.64. The van der Waals surface area contributed by atoms with Gasteiger partial charge in [-0.2, -0.15) is 6.07 Å². The van der Waals surface area contributed by atoms with Gasteiger partial charge in [0.2, 0.25) is 0 Å². The van der Waals surface area contributed by atoms with Crippen LogP contribution in [0, 0.1) is 11.9 Å². The quantitative estimate of drug-likeness (QED) is 0.414. The normalized spacial score (nSPS) is 8.88. The van der Waals surface area contributed by atoms with Gasteiger partial charge in [-0.1, -0.05) is 32.3 Å². The third kappa shape index (κ3) is 8.36. The topological polar surface area (TPSA) is 9.23 Å². The van der Waals surface area contributed by atoms with Gasteiger partial charge in [0.1, 0.15) is 0 Å². The van der Waals surface area contributed by atoms with Gasteiger partial charge < -0.3 is 21.7 Å². The molecule has 0 fully saturated rings. The number of hydrogen-bond acceptors (Lipinski definition) is 1. The summed E-state index contributed by atoms with van der Waals surface area (Å²) in [4.78, 5) is 0. The zero-order chi connectivity index (χ0) is 10.2. The standard InChI is InChI=1S/C12H16FO.BrH.Mg/c1-2-3-4-5-9-14-12-8-6-7-11(13)10-12;;/h7-8,10H,2-5,9H2,1H3;1H;/q-1;;+2/p-1. The Morgan fingerprint density at radius 1 is 1.25 bits per heavy atom. The molecule has 0 aliphatic heterocycles. The van der Waals surface area contributed by atoms with Crippen molar-refractivity contribution >= 4 is 23.1 Å². The van der Waals surface area contributed by atoms with Crippen LogP contribution in [0.5, 0.6) is 5.75 Å². The van der Waals surface area contributed by atoms with Crippen molar-refractivity contribution in [1.29, 1.82) is 0 Å². The summed E-state index contributed by atoms with van der Waals surface area (Å²) >= 11 is 0. The summed E-state index contributed by atoms with van der Waals surface area (Å²) < 4.78 is 18.0. The fourth-order valence-corrected chi connectivity index (χ4v) is 1.22.